The van der Waals surface area contributed by atoms with Gasteiger partial charge in [0, 0.05) is 6.04 Å². The van der Waals surface area contributed by atoms with E-state index in [1.54, 1.807) is 24.3 Å². The molecule has 3 rings (SSSR count). The second kappa shape index (κ2) is 11.1. The topological polar surface area (TPSA) is 71.3 Å². The summed E-state index contributed by atoms with van der Waals surface area (Å²) in [4.78, 5) is 12.6. The number of nitriles is 1. The molecule has 5 nitrogen and oxygen atoms in total. The summed E-state index contributed by atoms with van der Waals surface area (Å²) in [7, 11) is 1.43. The molecule has 2 aromatic carbocycles. The number of ether oxygens (including phenoxy) is 2. The van der Waals surface area contributed by atoms with Crippen molar-refractivity contribution in [2.24, 2.45) is 5.92 Å². The second-order valence-electron chi connectivity index (χ2n) is 8.41. The molecule has 1 amide bonds. The summed E-state index contributed by atoms with van der Waals surface area (Å²) in [5, 5.41) is 12.5. The molecule has 1 N–H and O–H groups in total. The Hall–Kier alpha value is -3.47. The van der Waals surface area contributed by atoms with E-state index in [4.69, 9.17) is 9.47 Å². The molecule has 0 bridgehead atoms. The average Bonchev–Trinajstić information content (AvgIpc) is 2.82. The number of benzene rings is 2. The Morgan fingerprint density at radius 2 is 1.94 bits per heavy atom. The molecule has 2 unspecified atom stereocenters. The predicted octanol–water partition coefficient (Wildman–Crippen LogP) is 5.89. The van der Waals surface area contributed by atoms with Crippen LogP contribution < -0.4 is 14.8 Å². The van der Waals surface area contributed by atoms with Crippen LogP contribution in [-0.2, 0) is 17.6 Å². The summed E-state index contributed by atoms with van der Waals surface area (Å²) in [6, 6.07) is 11.8. The highest BCUT2D eigenvalue weighted by Gasteiger charge is 2.30. The zero-order chi connectivity index (χ0) is 24.7. The van der Waals surface area contributed by atoms with Crippen molar-refractivity contribution < 1.29 is 27.4 Å². The van der Waals surface area contributed by atoms with Gasteiger partial charge in [-0.1, -0.05) is 38.0 Å². The maximum Gasteiger partial charge on any atom is 0.416 e. The molecule has 0 radical (unpaired) electrons. The number of halogens is 3. The third kappa shape index (κ3) is 6.53. The van der Waals surface area contributed by atoms with Gasteiger partial charge >= 0.3 is 6.18 Å². The highest BCUT2D eigenvalue weighted by atomic mass is 19.4. The van der Waals surface area contributed by atoms with E-state index in [2.05, 4.69) is 12.2 Å². The third-order valence-corrected chi connectivity index (χ3v) is 5.94. The van der Waals surface area contributed by atoms with E-state index in [0.717, 1.165) is 37.8 Å². The molecule has 1 saturated carbocycles. The van der Waals surface area contributed by atoms with Gasteiger partial charge in [-0.15, -0.1) is 0 Å². The summed E-state index contributed by atoms with van der Waals surface area (Å²) in [5.74, 6) is 0.617. The fourth-order valence-electron chi connectivity index (χ4n) is 3.98. The number of nitrogens with one attached hydrogen (secondary N) is 1. The van der Waals surface area contributed by atoms with E-state index >= 15 is 0 Å². The number of hydrogen-bond donors (Lipinski definition) is 1. The Labute approximate surface area is 197 Å². The Morgan fingerprint density at radius 1 is 1.18 bits per heavy atom. The van der Waals surface area contributed by atoms with Gasteiger partial charge in [-0.2, -0.15) is 18.4 Å². The number of carbonyl (C=O) groups excluding carboxylic acids is 1. The maximum atomic E-state index is 12.9. The van der Waals surface area contributed by atoms with Gasteiger partial charge in [-0.05, 0) is 60.2 Å². The monoisotopic (exact) mass is 472 g/mol. The van der Waals surface area contributed by atoms with Gasteiger partial charge in [-0.3, -0.25) is 4.79 Å². The molecular weight excluding hydrogens is 445 g/mol. The van der Waals surface area contributed by atoms with E-state index in [0.29, 0.717) is 28.5 Å². The molecule has 0 heterocycles. The van der Waals surface area contributed by atoms with Gasteiger partial charge in [0.05, 0.1) is 12.7 Å². The molecule has 0 saturated heterocycles. The molecule has 8 heteroatoms. The second-order valence-corrected chi connectivity index (χ2v) is 8.41. The summed E-state index contributed by atoms with van der Waals surface area (Å²) in [6.07, 6.45) is 1.20. The SMILES string of the molecule is COc1cc(/C=C(\C#N)C(=O)NC2CCCCC2C)ccc1OCc1cccc(C(F)(F)F)c1. The molecule has 1 aliphatic rings. The molecule has 34 heavy (non-hydrogen) atoms. The number of methoxy groups -OCH3 is 1. The van der Waals surface area contributed by atoms with Crippen LogP contribution in [0.25, 0.3) is 6.08 Å². The normalized spacial score (nSPS) is 18.6. The van der Waals surface area contributed by atoms with Crippen molar-refractivity contribution in [3.05, 3.63) is 64.7 Å². The number of alkyl halides is 3. The lowest BCUT2D eigenvalue weighted by molar-refractivity contribution is -0.137. The smallest absolute Gasteiger partial charge is 0.416 e. The Kier molecular flexibility index (Phi) is 8.21. The summed E-state index contributed by atoms with van der Waals surface area (Å²) >= 11 is 0. The van der Waals surface area contributed by atoms with Gasteiger partial charge < -0.3 is 14.8 Å². The summed E-state index contributed by atoms with van der Waals surface area (Å²) in [6.45, 7) is 2.02. The van der Waals surface area contributed by atoms with Crippen molar-refractivity contribution in [1.82, 2.24) is 5.32 Å². The first-order valence-corrected chi connectivity index (χ1v) is 11.1. The molecule has 2 atom stereocenters. The molecule has 180 valence electrons. The highest BCUT2D eigenvalue weighted by Crippen LogP contribution is 2.32. The molecule has 1 fully saturated rings. The van der Waals surface area contributed by atoms with Crippen molar-refractivity contribution in [2.75, 3.05) is 7.11 Å². The van der Waals surface area contributed by atoms with Gasteiger partial charge in [0.2, 0.25) is 0 Å². The highest BCUT2D eigenvalue weighted by molar-refractivity contribution is 6.01. The average molecular weight is 473 g/mol. The van der Waals surface area contributed by atoms with Crippen LogP contribution in [0.5, 0.6) is 11.5 Å². The molecule has 0 spiro atoms. The lowest BCUT2D eigenvalue weighted by Gasteiger charge is -2.29. The first-order valence-electron chi connectivity index (χ1n) is 11.1. The first kappa shape index (κ1) is 25.2. The van der Waals surface area contributed by atoms with Gasteiger partial charge in [0.15, 0.2) is 11.5 Å². The lowest BCUT2D eigenvalue weighted by Crippen LogP contribution is -2.41. The quantitative estimate of drug-likeness (QED) is 0.403. The van der Waals surface area contributed by atoms with Gasteiger partial charge in [0.25, 0.3) is 5.91 Å². The fourth-order valence-corrected chi connectivity index (χ4v) is 3.98. The minimum Gasteiger partial charge on any atom is -0.493 e. The molecule has 2 aromatic rings. The van der Waals surface area contributed by atoms with Crippen LogP contribution in [0.4, 0.5) is 13.2 Å². The Balaban J connectivity index is 1.71. The minimum absolute atomic E-state index is 0.0162. The Morgan fingerprint density at radius 3 is 2.62 bits per heavy atom. The van der Waals surface area contributed by atoms with E-state index in [1.165, 1.54) is 19.3 Å². The summed E-state index contributed by atoms with van der Waals surface area (Å²) < 4.78 is 49.8. The first-order chi connectivity index (χ1) is 16.2. The number of nitrogens with zero attached hydrogens (tertiary/aromatic N) is 1. The number of hydrogen-bond acceptors (Lipinski definition) is 4. The largest absolute Gasteiger partial charge is 0.493 e. The molecule has 0 aromatic heterocycles. The van der Waals surface area contributed by atoms with Crippen LogP contribution in [0.1, 0.15) is 49.3 Å². The van der Waals surface area contributed by atoms with Crippen molar-refractivity contribution in [1.29, 1.82) is 5.26 Å². The van der Waals surface area contributed by atoms with Crippen molar-refractivity contribution in [3.63, 3.8) is 0 Å². The van der Waals surface area contributed by atoms with E-state index in [-0.39, 0.29) is 18.2 Å². The van der Waals surface area contributed by atoms with Crippen LogP contribution in [0, 0.1) is 17.2 Å². The number of carbonyl (C=O) groups is 1. The predicted molar refractivity (Wildman–Crippen MR) is 122 cm³/mol. The van der Waals surface area contributed by atoms with Crippen LogP contribution in [0.15, 0.2) is 48.0 Å². The third-order valence-electron chi connectivity index (χ3n) is 5.94. The van der Waals surface area contributed by atoms with Crippen molar-refractivity contribution in [2.45, 2.75) is 51.4 Å². The zero-order valence-corrected chi connectivity index (χ0v) is 19.1. The minimum atomic E-state index is -4.43. The standard InChI is InChI=1S/C26H27F3N2O3/c1-17-6-3-4-9-22(17)31-25(32)20(15-30)12-18-10-11-23(24(14-18)33-2)34-16-19-7-5-8-21(13-19)26(27,28)29/h5,7-8,10-14,17,22H,3-4,6,9,16H2,1-2H3,(H,31,32)/b20-12+. The van der Waals surface area contributed by atoms with E-state index in [9.17, 15) is 23.2 Å². The maximum absolute atomic E-state index is 12.9. The van der Waals surface area contributed by atoms with E-state index in [1.807, 2.05) is 6.07 Å². The molecule has 1 aliphatic carbocycles. The van der Waals surface area contributed by atoms with Crippen LogP contribution in [0.3, 0.4) is 0 Å². The Bertz CT molecular complexity index is 1090. The van der Waals surface area contributed by atoms with Crippen molar-refractivity contribution >= 4 is 12.0 Å². The lowest BCUT2D eigenvalue weighted by atomic mass is 9.86. The molecule has 0 aliphatic heterocycles. The zero-order valence-electron chi connectivity index (χ0n) is 19.1. The van der Waals surface area contributed by atoms with Gasteiger partial charge in [-0.25, -0.2) is 0 Å². The fraction of sp³-hybridized carbons (Fsp3) is 0.385. The number of rotatable bonds is 7. The number of amides is 1. The van der Waals surface area contributed by atoms with E-state index < -0.39 is 17.6 Å². The van der Waals surface area contributed by atoms with Crippen LogP contribution >= 0.6 is 0 Å². The van der Waals surface area contributed by atoms with Crippen molar-refractivity contribution in [3.8, 4) is 17.6 Å². The molecular formula is C26H27F3N2O3. The van der Waals surface area contributed by atoms with Crippen LogP contribution in [0.2, 0.25) is 0 Å². The van der Waals surface area contributed by atoms with Gasteiger partial charge in [0.1, 0.15) is 18.2 Å². The van der Waals surface area contributed by atoms with Crippen LogP contribution in [-0.4, -0.2) is 19.1 Å². The summed E-state index contributed by atoms with van der Waals surface area (Å²) in [5.41, 5.74) is 0.163.